The summed E-state index contributed by atoms with van der Waals surface area (Å²) in [4.78, 5) is 45.8. The second kappa shape index (κ2) is 17.7. The number of carbonyl (C=O) groups excluding carboxylic acids is 3. The molecule has 2 N–H and O–H groups in total. The summed E-state index contributed by atoms with van der Waals surface area (Å²) in [5.41, 5.74) is 7.44. The second-order valence-corrected chi connectivity index (χ2v) is 19.0. The van der Waals surface area contributed by atoms with Gasteiger partial charge in [0.1, 0.15) is 0 Å². The molecule has 13 heteroatoms. The molecule has 4 aliphatic heterocycles. The zero-order valence-corrected chi connectivity index (χ0v) is 37.9. The number of benzene rings is 4. The van der Waals surface area contributed by atoms with Gasteiger partial charge in [-0.2, -0.15) is 0 Å². The minimum absolute atomic E-state index is 0.0351. The smallest absolute Gasteiger partial charge is 0.305 e. The third-order valence-electron chi connectivity index (χ3n) is 12.7. The average molecular weight is 860 g/mol. The highest BCUT2D eigenvalue weighted by molar-refractivity contribution is 6.13. The molecule has 0 saturated heterocycles. The Bertz CT molecular complexity index is 2400. The predicted octanol–water partition coefficient (Wildman–Crippen LogP) is 7.98. The zero-order chi connectivity index (χ0) is 44.6. The maximum Gasteiger partial charge on any atom is 0.305 e. The van der Waals surface area contributed by atoms with Crippen LogP contribution in [0.5, 0.6) is 23.0 Å². The normalized spacial score (nSPS) is 17.5. The molecule has 4 heterocycles. The third-order valence-corrected chi connectivity index (χ3v) is 12.7. The van der Waals surface area contributed by atoms with Crippen LogP contribution < -0.4 is 39.4 Å². The molecule has 2 atom stereocenters. The fourth-order valence-corrected chi connectivity index (χ4v) is 9.97. The predicted molar refractivity (Wildman–Crippen MR) is 245 cm³/mol. The quantitative estimate of drug-likeness (QED) is 0.106. The maximum atomic E-state index is 14.3. The van der Waals surface area contributed by atoms with Crippen molar-refractivity contribution in [2.24, 2.45) is 10.8 Å². The van der Waals surface area contributed by atoms with E-state index in [0.717, 1.165) is 67.1 Å². The molecular formula is C50H61N5O8. The van der Waals surface area contributed by atoms with Gasteiger partial charge in [0.15, 0.2) is 23.0 Å². The molecule has 0 bridgehead atoms. The van der Waals surface area contributed by atoms with Gasteiger partial charge in [-0.15, -0.1) is 0 Å². The summed E-state index contributed by atoms with van der Waals surface area (Å²) in [5.74, 6) is 1.86. The molecule has 0 fully saturated rings. The average Bonchev–Trinajstić information content (AvgIpc) is 3.74. The number of hydrogen-bond donors (Lipinski definition) is 2. The molecule has 8 rings (SSSR count). The van der Waals surface area contributed by atoms with Crippen molar-refractivity contribution in [3.8, 4) is 23.0 Å². The lowest BCUT2D eigenvalue weighted by Gasteiger charge is -2.35. The Labute approximate surface area is 370 Å². The van der Waals surface area contributed by atoms with Gasteiger partial charge in [-0.3, -0.25) is 14.4 Å². The fourth-order valence-electron chi connectivity index (χ4n) is 9.97. The Morgan fingerprint density at radius 1 is 0.714 bits per heavy atom. The molecule has 4 aromatic carbocycles. The van der Waals surface area contributed by atoms with Gasteiger partial charge in [0.25, 0.3) is 11.8 Å². The van der Waals surface area contributed by atoms with E-state index in [1.54, 1.807) is 26.4 Å². The number of anilines is 4. The van der Waals surface area contributed by atoms with Crippen molar-refractivity contribution in [3.63, 3.8) is 0 Å². The lowest BCUT2D eigenvalue weighted by Crippen LogP contribution is -2.39. The van der Waals surface area contributed by atoms with Crippen molar-refractivity contribution in [1.29, 1.82) is 0 Å². The van der Waals surface area contributed by atoms with Crippen LogP contribution in [-0.2, 0) is 28.9 Å². The molecule has 0 spiro atoms. The Morgan fingerprint density at radius 3 is 1.81 bits per heavy atom. The standard InChI is InChI=1S/C50H61N5O8/c1-49(2,29-62-44-23-38-36(21-42(44)59-6)47(57)54-34(25-51-38)19-32-12-9-10-13-40(32)54)28-50(3,4)30-63-45-24-39-37(22-43(45)60-7)48(58)55-35(26-52-39)20-33-18-31(15-16-41(33)55)27-53(5)17-11-14-46(56)61-8/h9-10,12-13,15-16,18,21-24,34-35,51-52H,11,14,17,19-20,25-30H2,1-8H3/t34-,35-/m0/s1. The highest BCUT2D eigenvalue weighted by atomic mass is 16.5. The van der Waals surface area contributed by atoms with Crippen LogP contribution in [0.4, 0.5) is 22.7 Å². The van der Waals surface area contributed by atoms with Crippen molar-refractivity contribution in [3.05, 3.63) is 94.5 Å². The molecule has 334 valence electrons. The van der Waals surface area contributed by atoms with E-state index in [2.05, 4.69) is 67.5 Å². The number of rotatable bonds is 16. The third kappa shape index (κ3) is 9.11. The number of para-hydroxylation sites is 1. The molecule has 4 aliphatic rings. The highest BCUT2D eigenvalue weighted by Crippen LogP contribution is 2.44. The van der Waals surface area contributed by atoms with Crippen LogP contribution in [0.1, 0.15) is 84.4 Å². The van der Waals surface area contributed by atoms with Gasteiger partial charge in [-0.25, -0.2) is 0 Å². The van der Waals surface area contributed by atoms with E-state index in [1.807, 2.05) is 47.2 Å². The van der Waals surface area contributed by atoms with Crippen LogP contribution in [0.25, 0.3) is 0 Å². The monoisotopic (exact) mass is 859 g/mol. The maximum absolute atomic E-state index is 14.3. The molecule has 2 amide bonds. The molecule has 0 aliphatic carbocycles. The molecular weight excluding hydrogens is 799 g/mol. The van der Waals surface area contributed by atoms with E-state index in [4.69, 9.17) is 23.7 Å². The van der Waals surface area contributed by atoms with Crippen LogP contribution in [0.2, 0.25) is 0 Å². The number of esters is 1. The van der Waals surface area contributed by atoms with E-state index >= 15 is 0 Å². The number of carbonyl (C=O) groups is 3. The van der Waals surface area contributed by atoms with Crippen LogP contribution in [0, 0.1) is 10.8 Å². The summed E-state index contributed by atoms with van der Waals surface area (Å²) in [6.07, 6.45) is 3.47. The Balaban J connectivity index is 0.898. The summed E-state index contributed by atoms with van der Waals surface area (Å²) in [7, 11) is 6.66. The first-order valence-corrected chi connectivity index (χ1v) is 22.0. The van der Waals surface area contributed by atoms with Crippen molar-refractivity contribution < 1.29 is 38.1 Å². The van der Waals surface area contributed by atoms with E-state index in [9.17, 15) is 14.4 Å². The SMILES string of the molecule is COC(=O)CCCN(C)Cc1ccc2c(c1)C[C@H]1CNc3cc(OCC(C)(C)CC(C)(C)COc4cc5c(cc4OC)C(=O)N4c6ccccc6C[C@H]4CN5)c(OC)cc3C(=O)N21. The van der Waals surface area contributed by atoms with Crippen molar-refractivity contribution in [2.45, 2.75) is 78.4 Å². The number of ether oxygens (including phenoxy) is 5. The summed E-state index contributed by atoms with van der Waals surface area (Å²) >= 11 is 0. The first kappa shape index (κ1) is 43.7. The van der Waals surface area contributed by atoms with Gasteiger partial charge in [-0.1, -0.05) is 58.0 Å². The molecule has 13 nitrogen and oxygen atoms in total. The first-order chi connectivity index (χ1) is 30.2. The molecule has 0 aromatic heterocycles. The lowest BCUT2D eigenvalue weighted by atomic mass is 9.76. The molecule has 0 radical (unpaired) electrons. The summed E-state index contributed by atoms with van der Waals surface area (Å²) in [6, 6.07) is 21.8. The summed E-state index contributed by atoms with van der Waals surface area (Å²) < 4.78 is 29.4. The largest absolute Gasteiger partial charge is 0.493 e. The van der Waals surface area contributed by atoms with Gasteiger partial charge in [0.2, 0.25) is 0 Å². The van der Waals surface area contributed by atoms with Gasteiger partial charge in [0, 0.05) is 49.6 Å². The van der Waals surface area contributed by atoms with Crippen LogP contribution in [0.15, 0.2) is 66.7 Å². The number of amides is 2. The van der Waals surface area contributed by atoms with E-state index < -0.39 is 0 Å². The lowest BCUT2D eigenvalue weighted by molar-refractivity contribution is -0.140. The van der Waals surface area contributed by atoms with Gasteiger partial charge < -0.3 is 49.0 Å². The number of hydrogen-bond acceptors (Lipinski definition) is 11. The molecule has 0 unspecified atom stereocenters. The van der Waals surface area contributed by atoms with E-state index in [1.165, 1.54) is 18.2 Å². The second-order valence-electron chi connectivity index (χ2n) is 19.0. The first-order valence-electron chi connectivity index (χ1n) is 22.0. The van der Waals surface area contributed by atoms with E-state index in [-0.39, 0.29) is 40.7 Å². The number of nitrogens with one attached hydrogen (secondary N) is 2. The van der Waals surface area contributed by atoms with Crippen LogP contribution >= 0.6 is 0 Å². The minimum atomic E-state index is -0.272. The molecule has 63 heavy (non-hydrogen) atoms. The fraction of sp³-hybridized carbons (Fsp3) is 0.460. The number of methoxy groups -OCH3 is 3. The van der Waals surface area contributed by atoms with Gasteiger partial charge in [0.05, 0.1) is 69.1 Å². The molecule has 0 saturated carbocycles. The van der Waals surface area contributed by atoms with Crippen LogP contribution in [0.3, 0.4) is 0 Å². The van der Waals surface area contributed by atoms with Gasteiger partial charge >= 0.3 is 5.97 Å². The number of nitrogens with zero attached hydrogens (tertiary/aromatic N) is 3. The van der Waals surface area contributed by atoms with Crippen molar-refractivity contribution in [2.75, 3.05) is 81.7 Å². The summed E-state index contributed by atoms with van der Waals surface area (Å²) in [5, 5.41) is 7.08. The minimum Gasteiger partial charge on any atom is -0.493 e. The summed E-state index contributed by atoms with van der Waals surface area (Å²) in [6.45, 7) is 12.3. The Hall–Kier alpha value is -5.95. The van der Waals surface area contributed by atoms with Crippen molar-refractivity contribution >= 4 is 40.5 Å². The topological polar surface area (TPSA) is 131 Å². The van der Waals surface area contributed by atoms with Crippen molar-refractivity contribution in [1.82, 2.24) is 4.90 Å². The van der Waals surface area contributed by atoms with Crippen LogP contribution in [-0.4, -0.2) is 96.0 Å². The Kier molecular flexibility index (Phi) is 12.3. The molecule has 4 aromatic rings. The van der Waals surface area contributed by atoms with E-state index in [0.29, 0.717) is 66.8 Å². The number of fused-ring (bicyclic) bond motifs is 8. The zero-order valence-electron chi connectivity index (χ0n) is 37.9. The Morgan fingerprint density at radius 2 is 1.25 bits per heavy atom. The highest BCUT2D eigenvalue weighted by Gasteiger charge is 2.40. The van der Waals surface area contributed by atoms with Gasteiger partial charge in [-0.05, 0) is 91.1 Å².